The topological polar surface area (TPSA) is 145 Å². The summed E-state index contributed by atoms with van der Waals surface area (Å²) in [6.45, 7) is 1.21. The van der Waals surface area contributed by atoms with Gasteiger partial charge in [0.05, 0.1) is 31.5 Å². The van der Waals surface area contributed by atoms with Crippen LogP contribution in [0.5, 0.6) is 0 Å². The molecule has 5 N–H and O–H groups in total. The Labute approximate surface area is 184 Å². The predicted octanol–water partition coefficient (Wildman–Crippen LogP) is 1.26. The smallest absolute Gasteiger partial charge is 0.306 e. The summed E-state index contributed by atoms with van der Waals surface area (Å²) in [6.07, 6.45) is 5.70. The second-order valence-corrected chi connectivity index (χ2v) is 8.49. The van der Waals surface area contributed by atoms with Crippen molar-refractivity contribution >= 4 is 11.8 Å². The summed E-state index contributed by atoms with van der Waals surface area (Å²) < 4.78 is 4.87. The summed E-state index contributed by atoms with van der Waals surface area (Å²) in [4.78, 5) is 24.0. The summed E-state index contributed by atoms with van der Waals surface area (Å²) in [6, 6.07) is 0. The van der Waals surface area contributed by atoms with Gasteiger partial charge in [0.2, 0.25) is 0 Å². The Balaban J connectivity index is 2.42. The van der Waals surface area contributed by atoms with E-state index in [9.17, 15) is 24.9 Å². The summed E-state index contributed by atoms with van der Waals surface area (Å²) in [5.41, 5.74) is 0. The maximum absolute atomic E-state index is 12.4. The molecule has 0 aromatic carbocycles. The minimum absolute atomic E-state index is 0.0444. The number of carbonyl (C=O) groups excluding carboxylic acids is 2. The summed E-state index contributed by atoms with van der Waals surface area (Å²) >= 11 is 0. The molecule has 180 valence electrons. The molecule has 1 aliphatic carbocycles. The van der Waals surface area contributed by atoms with E-state index in [0.29, 0.717) is 19.3 Å². The number of esters is 1. The number of carbonyl (C=O) groups is 2. The fraction of sp³-hybridized carbons (Fsp3) is 0.826. The van der Waals surface area contributed by atoms with Gasteiger partial charge in [0, 0.05) is 37.5 Å². The highest BCUT2D eigenvalue weighted by Crippen LogP contribution is 2.36. The van der Waals surface area contributed by atoms with Crippen molar-refractivity contribution < 1.29 is 39.9 Å². The van der Waals surface area contributed by atoms with Gasteiger partial charge >= 0.3 is 5.97 Å². The number of Topliss-reactive ketones (excluding diaryl/α,β-unsaturated/α-hetero) is 1. The van der Waals surface area contributed by atoms with Crippen molar-refractivity contribution in [1.29, 1.82) is 0 Å². The average molecular weight is 445 g/mol. The Morgan fingerprint density at radius 2 is 1.71 bits per heavy atom. The highest BCUT2D eigenvalue weighted by atomic mass is 16.6. The van der Waals surface area contributed by atoms with Gasteiger partial charge in [-0.1, -0.05) is 38.3 Å². The van der Waals surface area contributed by atoms with Crippen LogP contribution in [0.15, 0.2) is 12.2 Å². The minimum Gasteiger partial charge on any atom is -0.457 e. The highest BCUT2D eigenvalue weighted by molar-refractivity contribution is 5.79. The number of aliphatic hydroxyl groups is 5. The molecule has 0 spiro atoms. The Kier molecular flexibility index (Phi) is 13.8. The monoisotopic (exact) mass is 444 g/mol. The van der Waals surface area contributed by atoms with E-state index < -0.39 is 43.6 Å². The number of hydrogen-bond acceptors (Lipinski definition) is 8. The van der Waals surface area contributed by atoms with Crippen molar-refractivity contribution in [1.82, 2.24) is 0 Å². The lowest BCUT2D eigenvalue weighted by Crippen LogP contribution is -2.25. The van der Waals surface area contributed by atoms with Gasteiger partial charge in [-0.05, 0) is 19.3 Å². The van der Waals surface area contributed by atoms with Crippen molar-refractivity contribution in [2.24, 2.45) is 11.8 Å². The second kappa shape index (κ2) is 15.5. The van der Waals surface area contributed by atoms with E-state index in [-0.39, 0.29) is 43.3 Å². The van der Waals surface area contributed by atoms with Gasteiger partial charge < -0.3 is 30.3 Å². The first kappa shape index (κ1) is 27.7. The van der Waals surface area contributed by atoms with E-state index in [4.69, 9.17) is 14.9 Å². The predicted molar refractivity (Wildman–Crippen MR) is 115 cm³/mol. The molecule has 8 heteroatoms. The third kappa shape index (κ3) is 10.7. The van der Waals surface area contributed by atoms with E-state index in [1.165, 1.54) is 0 Å². The molecule has 0 amide bonds. The summed E-state index contributed by atoms with van der Waals surface area (Å²) in [5.74, 6) is -1.33. The van der Waals surface area contributed by atoms with Crippen LogP contribution in [0.3, 0.4) is 0 Å². The quantitative estimate of drug-likeness (QED) is 0.136. The number of aliphatic hydroxyl groups excluding tert-OH is 5. The molecule has 0 unspecified atom stereocenters. The van der Waals surface area contributed by atoms with Crippen LogP contribution in [0.4, 0.5) is 0 Å². The molecular weight excluding hydrogens is 404 g/mol. The Hall–Kier alpha value is -1.32. The van der Waals surface area contributed by atoms with Crippen LogP contribution in [0.2, 0.25) is 0 Å². The average Bonchev–Trinajstić information content (AvgIpc) is 3.00. The summed E-state index contributed by atoms with van der Waals surface area (Å²) in [5, 5.41) is 48.4. The largest absolute Gasteiger partial charge is 0.457 e. The Morgan fingerprint density at radius 1 is 1.03 bits per heavy atom. The first-order valence-electron chi connectivity index (χ1n) is 11.5. The van der Waals surface area contributed by atoms with Crippen molar-refractivity contribution in [2.75, 3.05) is 13.2 Å². The van der Waals surface area contributed by atoms with Crippen molar-refractivity contribution in [3.05, 3.63) is 12.2 Å². The van der Waals surface area contributed by atoms with Crippen LogP contribution in [0.1, 0.15) is 71.1 Å². The van der Waals surface area contributed by atoms with Crippen LogP contribution in [-0.2, 0) is 14.3 Å². The van der Waals surface area contributed by atoms with Gasteiger partial charge in [0.1, 0.15) is 11.9 Å². The maximum Gasteiger partial charge on any atom is 0.306 e. The number of ketones is 1. The fourth-order valence-corrected chi connectivity index (χ4v) is 3.95. The zero-order valence-electron chi connectivity index (χ0n) is 18.6. The van der Waals surface area contributed by atoms with E-state index in [0.717, 1.165) is 19.3 Å². The zero-order chi connectivity index (χ0) is 23.2. The molecule has 0 aromatic heterocycles. The number of rotatable bonds is 16. The molecule has 0 aliphatic heterocycles. The first-order valence-corrected chi connectivity index (χ1v) is 11.5. The lowest BCUT2D eigenvalue weighted by molar-refractivity contribution is -0.153. The molecule has 1 rings (SSSR count). The van der Waals surface area contributed by atoms with Crippen LogP contribution in [0, 0.1) is 11.8 Å². The van der Waals surface area contributed by atoms with Crippen LogP contribution in [0.25, 0.3) is 0 Å². The van der Waals surface area contributed by atoms with Crippen LogP contribution >= 0.6 is 0 Å². The van der Waals surface area contributed by atoms with Crippen LogP contribution in [-0.4, -0.2) is 74.9 Å². The van der Waals surface area contributed by atoms with Gasteiger partial charge in [-0.3, -0.25) is 9.59 Å². The number of hydrogen-bond donors (Lipinski definition) is 5. The van der Waals surface area contributed by atoms with E-state index in [1.807, 2.05) is 0 Å². The molecule has 0 heterocycles. The SMILES string of the molecule is CCCCC[C@H](O)/C=C/[C@@H]1[C@@H](CC(=O)CCCCC(=O)OC(CO)CO)[C@@H](O)C[C@H]1O. The van der Waals surface area contributed by atoms with Gasteiger partial charge in [0.25, 0.3) is 0 Å². The van der Waals surface area contributed by atoms with E-state index in [2.05, 4.69) is 6.92 Å². The molecule has 0 radical (unpaired) electrons. The zero-order valence-corrected chi connectivity index (χ0v) is 18.6. The minimum atomic E-state index is -0.917. The lowest BCUT2D eigenvalue weighted by atomic mass is 9.87. The third-order valence-corrected chi connectivity index (χ3v) is 5.83. The highest BCUT2D eigenvalue weighted by Gasteiger charge is 2.41. The molecule has 0 saturated heterocycles. The maximum atomic E-state index is 12.4. The van der Waals surface area contributed by atoms with E-state index >= 15 is 0 Å². The first-order chi connectivity index (χ1) is 14.8. The third-order valence-electron chi connectivity index (χ3n) is 5.83. The molecule has 0 aromatic rings. The molecule has 0 bridgehead atoms. The normalized spacial score (nSPS) is 24.7. The van der Waals surface area contributed by atoms with Gasteiger partial charge in [-0.25, -0.2) is 0 Å². The number of unbranched alkanes of at least 4 members (excludes halogenated alkanes) is 3. The lowest BCUT2D eigenvalue weighted by Gasteiger charge is -2.20. The van der Waals surface area contributed by atoms with Crippen molar-refractivity contribution in [3.8, 4) is 0 Å². The van der Waals surface area contributed by atoms with Gasteiger partial charge in [-0.2, -0.15) is 0 Å². The van der Waals surface area contributed by atoms with Crippen molar-refractivity contribution in [3.63, 3.8) is 0 Å². The second-order valence-electron chi connectivity index (χ2n) is 8.49. The molecule has 5 atom stereocenters. The molecule has 31 heavy (non-hydrogen) atoms. The standard InChI is InChI=1S/C23H40O8/c1-2-3-4-7-16(26)10-11-19-20(22(29)13-21(19)28)12-17(27)8-5-6-9-23(30)31-18(14-24)15-25/h10-11,16,18-22,24-26,28-29H,2-9,12-15H2,1H3/b11-10+/t16-,19+,20+,21+,22-/m0/s1. The fourth-order valence-electron chi connectivity index (χ4n) is 3.95. The molecular formula is C23H40O8. The van der Waals surface area contributed by atoms with E-state index in [1.54, 1.807) is 12.2 Å². The van der Waals surface area contributed by atoms with Crippen molar-refractivity contribution in [2.45, 2.75) is 95.5 Å². The molecule has 1 saturated carbocycles. The molecule has 8 nitrogen and oxygen atoms in total. The Bertz CT molecular complexity index is 546. The summed E-state index contributed by atoms with van der Waals surface area (Å²) in [7, 11) is 0. The number of ether oxygens (including phenoxy) is 1. The molecule has 1 aliphatic rings. The van der Waals surface area contributed by atoms with Crippen LogP contribution < -0.4 is 0 Å². The molecule has 1 fully saturated rings. The Morgan fingerprint density at radius 3 is 2.35 bits per heavy atom. The van der Waals surface area contributed by atoms with Gasteiger partial charge in [-0.15, -0.1) is 0 Å². The van der Waals surface area contributed by atoms with Gasteiger partial charge in [0.15, 0.2) is 0 Å².